The second-order valence-electron chi connectivity index (χ2n) is 13.7. The van der Waals surface area contributed by atoms with E-state index in [9.17, 15) is 0 Å². The molecule has 6 aromatic carbocycles. The Bertz CT molecular complexity index is 3020. The molecule has 5 nitrogen and oxygen atoms in total. The summed E-state index contributed by atoms with van der Waals surface area (Å²) in [4.78, 5) is 9.61. The Labute approximate surface area is 295 Å². The second-order valence-corrected chi connectivity index (χ2v) is 13.7. The number of fused-ring (bicyclic) bond motifs is 12. The largest absolute Gasteiger partial charge is 0.457 e. The van der Waals surface area contributed by atoms with Gasteiger partial charge in [0.05, 0.1) is 11.0 Å². The van der Waals surface area contributed by atoms with Crippen LogP contribution in [-0.2, 0) is 0 Å². The molecule has 0 atom stereocenters. The molecule has 0 spiro atoms. The molecule has 0 fully saturated rings. The van der Waals surface area contributed by atoms with Crippen LogP contribution in [0.1, 0.15) is 22.3 Å². The third-order valence-corrected chi connectivity index (χ3v) is 10.6. The van der Waals surface area contributed by atoms with Crippen LogP contribution in [0.2, 0.25) is 0 Å². The number of aryl methyl sites for hydroxylation is 4. The standard InChI is InChI=1S/C46H34N4O/c1-27-9-7-10-28(2)41(27)36-19-20-40-43(44(36)42-29(3)11-8-12-30(42)4)35-18-16-32(26-38(35)46-48-22-24-50(40)46)51-31-15-17-33-34-13-5-6-14-39(34)49-23-21-47-45(49)37(33)25-31/h5-26H,1-4H3. The maximum Gasteiger partial charge on any atom is 0.145 e. The maximum atomic E-state index is 6.67. The molecule has 0 bridgehead atoms. The van der Waals surface area contributed by atoms with Crippen LogP contribution in [0.25, 0.3) is 76.9 Å². The lowest BCUT2D eigenvalue weighted by Crippen LogP contribution is -1.99. The highest BCUT2D eigenvalue weighted by Crippen LogP contribution is 2.46. The van der Waals surface area contributed by atoms with Crippen molar-refractivity contribution in [3.05, 3.63) is 156 Å². The van der Waals surface area contributed by atoms with E-state index in [-0.39, 0.29) is 0 Å². The Kier molecular flexibility index (Phi) is 6.37. The first-order valence-corrected chi connectivity index (χ1v) is 17.4. The summed E-state index contributed by atoms with van der Waals surface area (Å²) >= 11 is 0. The van der Waals surface area contributed by atoms with Crippen molar-refractivity contribution in [3.63, 3.8) is 0 Å². The first kappa shape index (κ1) is 29.5. The minimum Gasteiger partial charge on any atom is -0.457 e. The van der Waals surface area contributed by atoms with Crippen molar-refractivity contribution in [2.75, 3.05) is 0 Å². The van der Waals surface area contributed by atoms with Crippen LogP contribution in [0.5, 0.6) is 11.5 Å². The number of pyridine rings is 2. The molecule has 4 aromatic heterocycles. The van der Waals surface area contributed by atoms with E-state index in [1.807, 2.05) is 18.6 Å². The van der Waals surface area contributed by atoms with Crippen LogP contribution >= 0.6 is 0 Å². The molecule has 0 unspecified atom stereocenters. The van der Waals surface area contributed by atoms with Crippen LogP contribution < -0.4 is 4.74 Å². The Morgan fingerprint density at radius 3 is 1.69 bits per heavy atom. The number of hydrogen-bond acceptors (Lipinski definition) is 3. The predicted molar refractivity (Wildman–Crippen MR) is 210 cm³/mol. The fourth-order valence-electron chi connectivity index (χ4n) is 8.42. The quantitative estimate of drug-likeness (QED) is 0.177. The van der Waals surface area contributed by atoms with Crippen molar-refractivity contribution in [2.24, 2.45) is 0 Å². The van der Waals surface area contributed by atoms with Gasteiger partial charge in [0.15, 0.2) is 0 Å². The number of hydrogen-bond donors (Lipinski definition) is 0. The van der Waals surface area contributed by atoms with Crippen LogP contribution in [0, 0.1) is 27.7 Å². The lowest BCUT2D eigenvalue weighted by molar-refractivity contribution is 0.484. The van der Waals surface area contributed by atoms with E-state index < -0.39 is 0 Å². The molecular formula is C46H34N4O. The van der Waals surface area contributed by atoms with Gasteiger partial charge in [0.25, 0.3) is 0 Å². The normalized spacial score (nSPS) is 11.9. The average Bonchev–Trinajstić information content (AvgIpc) is 3.84. The van der Waals surface area contributed by atoms with Crippen molar-refractivity contribution >= 4 is 54.6 Å². The summed E-state index contributed by atoms with van der Waals surface area (Å²) in [5.74, 6) is 1.52. The molecular weight excluding hydrogens is 625 g/mol. The fourth-order valence-corrected chi connectivity index (χ4v) is 8.42. The lowest BCUT2D eigenvalue weighted by atomic mass is 9.83. The van der Waals surface area contributed by atoms with Crippen LogP contribution in [0.15, 0.2) is 134 Å². The summed E-state index contributed by atoms with van der Waals surface area (Å²) in [6.07, 6.45) is 7.84. The van der Waals surface area contributed by atoms with E-state index >= 15 is 0 Å². The van der Waals surface area contributed by atoms with Gasteiger partial charge in [-0.05, 0) is 126 Å². The summed E-state index contributed by atoms with van der Waals surface area (Å²) in [5.41, 5.74) is 14.2. The van der Waals surface area contributed by atoms with Crippen molar-refractivity contribution in [3.8, 4) is 33.8 Å². The zero-order valence-electron chi connectivity index (χ0n) is 28.9. The topological polar surface area (TPSA) is 43.8 Å². The van der Waals surface area contributed by atoms with Gasteiger partial charge in [0.1, 0.15) is 22.8 Å². The zero-order valence-corrected chi connectivity index (χ0v) is 28.9. The molecule has 244 valence electrons. The molecule has 0 aliphatic heterocycles. The van der Waals surface area contributed by atoms with E-state index in [0.29, 0.717) is 0 Å². The summed E-state index contributed by atoms with van der Waals surface area (Å²) in [6.45, 7) is 8.88. The number of rotatable bonds is 4. The van der Waals surface area contributed by atoms with Gasteiger partial charge >= 0.3 is 0 Å². The predicted octanol–water partition coefficient (Wildman–Crippen LogP) is 12.0. The molecule has 0 radical (unpaired) electrons. The molecule has 0 saturated heterocycles. The summed E-state index contributed by atoms with van der Waals surface area (Å²) in [6, 6.07) is 39.0. The van der Waals surface area contributed by atoms with Crippen LogP contribution in [-0.4, -0.2) is 18.8 Å². The number of ether oxygens (including phenoxy) is 1. The van der Waals surface area contributed by atoms with Gasteiger partial charge in [0.2, 0.25) is 0 Å². The van der Waals surface area contributed by atoms with Gasteiger partial charge in [-0.3, -0.25) is 8.80 Å². The number of benzene rings is 6. The van der Waals surface area contributed by atoms with Gasteiger partial charge in [-0.25, -0.2) is 9.97 Å². The number of para-hydroxylation sites is 1. The van der Waals surface area contributed by atoms with E-state index in [2.05, 4.69) is 152 Å². The molecule has 5 heteroatoms. The highest BCUT2D eigenvalue weighted by molar-refractivity contribution is 6.20. The van der Waals surface area contributed by atoms with Gasteiger partial charge in [-0.15, -0.1) is 0 Å². The van der Waals surface area contributed by atoms with Gasteiger partial charge in [-0.1, -0.05) is 60.7 Å². The Morgan fingerprint density at radius 2 is 1.02 bits per heavy atom. The summed E-state index contributed by atoms with van der Waals surface area (Å²) in [5, 5.41) is 6.78. The van der Waals surface area contributed by atoms with Crippen molar-refractivity contribution in [1.82, 2.24) is 18.8 Å². The smallest absolute Gasteiger partial charge is 0.145 e. The van der Waals surface area contributed by atoms with Crippen molar-refractivity contribution in [2.45, 2.75) is 27.7 Å². The SMILES string of the molecule is Cc1cccc(C)c1-c1ccc2c(c1-c1c(C)cccc1C)c1ccc(Oc3ccc4c5ccccc5n5ccnc5c4c3)cc1c1nccn21. The van der Waals surface area contributed by atoms with Gasteiger partial charge in [-0.2, -0.15) is 0 Å². The minimum absolute atomic E-state index is 0.755. The third-order valence-electron chi connectivity index (χ3n) is 10.6. The minimum atomic E-state index is 0.755. The third kappa shape index (κ3) is 4.34. The Morgan fingerprint density at radius 1 is 0.451 bits per heavy atom. The van der Waals surface area contributed by atoms with Crippen molar-refractivity contribution in [1.29, 1.82) is 0 Å². The van der Waals surface area contributed by atoms with Crippen LogP contribution in [0.3, 0.4) is 0 Å². The van der Waals surface area contributed by atoms with Crippen LogP contribution in [0.4, 0.5) is 0 Å². The van der Waals surface area contributed by atoms with Gasteiger partial charge < -0.3 is 4.74 Å². The van der Waals surface area contributed by atoms with E-state index in [1.165, 1.54) is 55.3 Å². The lowest BCUT2D eigenvalue weighted by Gasteiger charge is -2.22. The second kappa shape index (κ2) is 11.0. The highest BCUT2D eigenvalue weighted by atomic mass is 16.5. The van der Waals surface area contributed by atoms with Crippen molar-refractivity contribution < 1.29 is 4.74 Å². The van der Waals surface area contributed by atoms with E-state index in [1.54, 1.807) is 0 Å². The highest BCUT2D eigenvalue weighted by Gasteiger charge is 2.22. The monoisotopic (exact) mass is 658 g/mol. The molecule has 10 rings (SSSR count). The first-order valence-electron chi connectivity index (χ1n) is 17.4. The summed E-state index contributed by atoms with van der Waals surface area (Å²) < 4.78 is 11.0. The fraction of sp³-hybridized carbons (Fsp3) is 0.0870. The molecule has 0 saturated carbocycles. The average molecular weight is 659 g/mol. The molecule has 0 amide bonds. The summed E-state index contributed by atoms with van der Waals surface area (Å²) in [7, 11) is 0. The molecule has 0 aliphatic carbocycles. The number of imidazole rings is 2. The molecule has 0 aliphatic rings. The molecule has 10 aromatic rings. The first-order chi connectivity index (χ1) is 25.0. The molecule has 4 heterocycles. The van der Waals surface area contributed by atoms with E-state index in [4.69, 9.17) is 14.7 Å². The number of nitrogens with zero attached hydrogens (tertiary/aromatic N) is 4. The maximum absolute atomic E-state index is 6.67. The number of aromatic nitrogens is 4. The van der Waals surface area contributed by atoms with E-state index in [0.717, 1.165) is 55.4 Å². The molecule has 51 heavy (non-hydrogen) atoms. The zero-order chi connectivity index (χ0) is 34.4. The molecule has 0 N–H and O–H groups in total. The Hall–Kier alpha value is -6.46. The Balaban J connectivity index is 1.22. The van der Waals surface area contributed by atoms with Gasteiger partial charge in [0, 0.05) is 51.9 Å².